The Labute approximate surface area is 118 Å². The molecule has 0 spiro atoms. The number of halogens is 1. The van der Waals surface area contributed by atoms with Crippen LogP contribution in [0.1, 0.15) is 17.3 Å². The summed E-state index contributed by atoms with van der Waals surface area (Å²) in [7, 11) is 1.91. The molecule has 100 valence electrons. The quantitative estimate of drug-likeness (QED) is 0.909. The van der Waals surface area contributed by atoms with Gasteiger partial charge >= 0.3 is 0 Å². The van der Waals surface area contributed by atoms with Crippen molar-refractivity contribution in [2.24, 2.45) is 0 Å². The van der Waals surface area contributed by atoms with Gasteiger partial charge in [0.2, 0.25) is 0 Å². The molecule has 0 bridgehead atoms. The fourth-order valence-electron chi connectivity index (χ4n) is 1.77. The van der Waals surface area contributed by atoms with E-state index >= 15 is 0 Å². The van der Waals surface area contributed by atoms with E-state index in [1.807, 2.05) is 50.5 Å². The fourth-order valence-corrected chi connectivity index (χ4v) is 1.95. The molecule has 2 rings (SSSR count). The minimum absolute atomic E-state index is 0.104. The molecule has 1 heterocycles. The number of hydrogen-bond acceptors (Lipinski definition) is 3. The van der Waals surface area contributed by atoms with Crippen LogP contribution in [0.25, 0.3) is 0 Å². The van der Waals surface area contributed by atoms with Gasteiger partial charge in [0.1, 0.15) is 12.4 Å². The molecule has 0 saturated heterocycles. The molecule has 1 unspecified atom stereocenters. The lowest BCUT2D eigenvalue weighted by atomic mass is 10.1. The molecular weight excluding hydrogens is 260 g/mol. The zero-order valence-corrected chi connectivity index (χ0v) is 11.8. The van der Waals surface area contributed by atoms with E-state index < -0.39 is 0 Å². The Morgan fingerprint density at radius 1 is 1.32 bits per heavy atom. The highest BCUT2D eigenvalue weighted by atomic mass is 35.5. The van der Waals surface area contributed by atoms with Crippen molar-refractivity contribution >= 4 is 11.6 Å². The van der Waals surface area contributed by atoms with Crippen LogP contribution in [-0.2, 0) is 0 Å². The number of benzene rings is 1. The van der Waals surface area contributed by atoms with Gasteiger partial charge in [-0.25, -0.2) is 0 Å². The molecule has 2 aromatic rings. The maximum Gasteiger partial charge on any atom is 0.120 e. The lowest BCUT2D eigenvalue weighted by Crippen LogP contribution is -2.23. The Morgan fingerprint density at radius 3 is 2.79 bits per heavy atom. The second-order valence-corrected chi connectivity index (χ2v) is 4.78. The first-order chi connectivity index (χ1) is 9.19. The zero-order chi connectivity index (χ0) is 13.7. The Kier molecular flexibility index (Phi) is 4.77. The molecule has 0 amide bonds. The average Bonchev–Trinajstić information content (AvgIpc) is 2.41. The highest BCUT2D eigenvalue weighted by Crippen LogP contribution is 2.19. The van der Waals surface area contributed by atoms with Crippen LogP contribution in [0.5, 0.6) is 5.75 Å². The first kappa shape index (κ1) is 13.8. The standard InChI is InChI=1S/C15H17ClN2O/c1-11-6-7-12(9-18-11)15(17-2)10-19-14-5-3-4-13(16)8-14/h3-9,15,17H,10H2,1-2H3. The summed E-state index contributed by atoms with van der Waals surface area (Å²) in [6.45, 7) is 2.50. The molecule has 19 heavy (non-hydrogen) atoms. The summed E-state index contributed by atoms with van der Waals surface area (Å²) >= 11 is 5.92. The highest BCUT2D eigenvalue weighted by molar-refractivity contribution is 6.30. The lowest BCUT2D eigenvalue weighted by molar-refractivity contribution is 0.273. The van der Waals surface area contributed by atoms with Gasteiger partial charge in [-0.05, 0) is 43.8 Å². The molecule has 1 aromatic carbocycles. The third-order valence-electron chi connectivity index (χ3n) is 2.90. The fraction of sp³-hybridized carbons (Fsp3) is 0.267. The maximum absolute atomic E-state index is 5.92. The summed E-state index contributed by atoms with van der Waals surface area (Å²) < 4.78 is 5.75. The number of aryl methyl sites for hydroxylation is 1. The molecule has 1 aromatic heterocycles. The molecule has 0 aliphatic rings. The van der Waals surface area contributed by atoms with E-state index in [4.69, 9.17) is 16.3 Å². The van der Waals surface area contributed by atoms with E-state index in [2.05, 4.69) is 16.4 Å². The van der Waals surface area contributed by atoms with E-state index in [1.54, 1.807) is 0 Å². The second-order valence-electron chi connectivity index (χ2n) is 4.34. The first-order valence-electron chi connectivity index (χ1n) is 6.17. The van der Waals surface area contributed by atoms with Crippen molar-refractivity contribution in [1.82, 2.24) is 10.3 Å². The number of likely N-dealkylation sites (N-methyl/N-ethyl adjacent to an activating group) is 1. The second kappa shape index (κ2) is 6.55. The van der Waals surface area contributed by atoms with Crippen molar-refractivity contribution in [3.8, 4) is 5.75 Å². The van der Waals surface area contributed by atoms with Crippen LogP contribution in [0.3, 0.4) is 0 Å². The van der Waals surface area contributed by atoms with Crippen molar-refractivity contribution < 1.29 is 4.74 Å². The minimum Gasteiger partial charge on any atom is -0.492 e. The largest absolute Gasteiger partial charge is 0.492 e. The third kappa shape index (κ3) is 3.94. The smallest absolute Gasteiger partial charge is 0.120 e. The van der Waals surface area contributed by atoms with Crippen LogP contribution in [0.4, 0.5) is 0 Å². The van der Waals surface area contributed by atoms with Crippen molar-refractivity contribution in [2.75, 3.05) is 13.7 Å². The molecule has 0 aliphatic carbocycles. The van der Waals surface area contributed by atoms with Crippen molar-refractivity contribution in [3.63, 3.8) is 0 Å². The summed E-state index contributed by atoms with van der Waals surface area (Å²) in [5.41, 5.74) is 2.12. The van der Waals surface area contributed by atoms with E-state index in [1.165, 1.54) is 0 Å². The summed E-state index contributed by atoms with van der Waals surface area (Å²) in [5.74, 6) is 0.771. The SMILES string of the molecule is CNC(COc1cccc(Cl)c1)c1ccc(C)nc1. The number of rotatable bonds is 5. The van der Waals surface area contributed by atoms with Gasteiger partial charge in [0.05, 0.1) is 6.04 Å². The van der Waals surface area contributed by atoms with E-state index in [-0.39, 0.29) is 6.04 Å². The highest BCUT2D eigenvalue weighted by Gasteiger charge is 2.10. The molecular formula is C15H17ClN2O. The molecule has 0 aliphatic heterocycles. The van der Waals surface area contributed by atoms with Gasteiger partial charge in [-0.3, -0.25) is 4.98 Å². The van der Waals surface area contributed by atoms with Gasteiger partial charge in [0, 0.05) is 16.9 Å². The molecule has 0 fully saturated rings. The van der Waals surface area contributed by atoms with Crippen LogP contribution in [-0.4, -0.2) is 18.6 Å². The van der Waals surface area contributed by atoms with Crippen LogP contribution in [0.15, 0.2) is 42.6 Å². The number of aromatic nitrogens is 1. The lowest BCUT2D eigenvalue weighted by Gasteiger charge is -2.17. The predicted octanol–water partition coefficient (Wildman–Crippen LogP) is 3.38. The van der Waals surface area contributed by atoms with Crippen molar-refractivity contribution in [1.29, 1.82) is 0 Å². The monoisotopic (exact) mass is 276 g/mol. The number of pyridine rings is 1. The molecule has 0 saturated carbocycles. The number of hydrogen-bond donors (Lipinski definition) is 1. The summed E-state index contributed by atoms with van der Waals surface area (Å²) in [6.07, 6.45) is 1.87. The molecule has 4 heteroatoms. The van der Waals surface area contributed by atoms with Gasteiger partial charge in [-0.15, -0.1) is 0 Å². The summed E-state index contributed by atoms with van der Waals surface area (Å²) in [4.78, 5) is 4.30. The van der Waals surface area contributed by atoms with E-state index in [0.29, 0.717) is 11.6 Å². The van der Waals surface area contributed by atoms with Crippen molar-refractivity contribution in [2.45, 2.75) is 13.0 Å². The van der Waals surface area contributed by atoms with Crippen LogP contribution in [0.2, 0.25) is 5.02 Å². The third-order valence-corrected chi connectivity index (χ3v) is 3.13. The van der Waals surface area contributed by atoms with Gasteiger partial charge in [-0.1, -0.05) is 23.7 Å². The minimum atomic E-state index is 0.104. The van der Waals surface area contributed by atoms with Crippen LogP contribution >= 0.6 is 11.6 Å². The molecule has 1 atom stereocenters. The number of nitrogens with one attached hydrogen (secondary N) is 1. The van der Waals surface area contributed by atoms with Gasteiger partial charge in [-0.2, -0.15) is 0 Å². The van der Waals surface area contributed by atoms with Gasteiger partial charge < -0.3 is 10.1 Å². The first-order valence-corrected chi connectivity index (χ1v) is 6.55. The summed E-state index contributed by atoms with van der Waals surface area (Å²) in [5, 5.41) is 3.90. The zero-order valence-electron chi connectivity index (χ0n) is 11.1. The van der Waals surface area contributed by atoms with E-state index in [9.17, 15) is 0 Å². The predicted molar refractivity (Wildman–Crippen MR) is 77.7 cm³/mol. The van der Waals surface area contributed by atoms with E-state index in [0.717, 1.165) is 17.0 Å². The molecule has 0 radical (unpaired) electrons. The van der Waals surface area contributed by atoms with Gasteiger partial charge in [0.15, 0.2) is 0 Å². The average molecular weight is 277 g/mol. The Morgan fingerprint density at radius 2 is 2.16 bits per heavy atom. The molecule has 3 nitrogen and oxygen atoms in total. The Hall–Kier alpha value is -1.58. The van der Waals surface area contributed by atoms with Crippen molar-refractivity contribution in [3.05, 3.63) is 58.9 Å². The van der Waals surface area contributed by atoms with Crippen LogP contribution in [0, 0.1) is 6.92 Å². The Balaban J connectivity index is 2.01. The normalized spacial score (nSPS) is 12.2. The number of nitrogens with zero attached hydrogens (tertiary/aromatic N) is 1. The van der Waals surface area contributed by atoms with Crippen LogP contribution < -0.4 is 10.1 Å². The maximum atomic E-state index is 5.92. The Bertz CT molecular complexity index is 528. The number of ether oxygens (including phenoxy) is 1. The van der Waals surface area contributed by atoms with Gasteiger partial charge in [0.25, 0.3) is 0 Å². The topological polar surface area (TPSA) is 34.1 Å². The molecule has 1 N–H and O–H groups in total. The summed E-state index contributed by atoms with van der Waals surface area (Å²) in [6, 6.07) is 11.6.